The zero-order valence-corrected chi connectivity index (χ0v) is 12.9. The first kappa shape index (κ1) is 17.5. The maximum absolute atomic E-state index is 13.1. The predicted molar refractivity (Wildman–Crippen MR) is 81.7 cm³/mol. The summed E-state index contributed by atoms with van der Waals surface area (Å²) in [6.45, 7) is -0.0197. The number of benzene rings is 1. The number of aromatic nitrogens is 3. The molecule has 0 spiro atoms. The first-order chi connectivity index (χ1) is 12.2. The molecular formula is C16H11F4N3O3. The Morgan fingerprint density at radius 3 is 2.46 bits per heavy atom. The van der Waals surface area contributed by atoms with Crippen LogP contribution in [0.3, 0.4) is 0 Å². The Morgan fingerprint density at radius 1 is 1.15 bits per heavy atom. The van der Waals surface area contributed by atoms with Crippen molar-refractivity contribution in [2.24, 2.45) is 0 Å². The molecule has 0 saturated carbocycles. The highest BCUT2D eigenvalue weighted by atomic mass is 19.4. The number of ether oxygens (including phenoxy) is 1. The summed E-state index contributed by atoms with van der Waals surface area (Å²) in [5.41, 5.74) is -0.0587. The summed E-state index contributed by atoms with van der Waals surface area (Å²) in [6, 6.07) is 7.07. The summed E-state index contributed by atoms with van der Waals surface area (Å²) in [5, 5.41) is 10.00. The average molecular weight is 369 g/mol. The van der Waals surface area contributed by atoms with Gasteiger partial charge >= 0.3 is 12.1 Å². The van der Waals surface area contributed by atoms with Crippen LogP contribution in [0, 0.1) is 5.95 Å². The lowest BCUT2D eigenvalue weighted by Gasteiger charge is -2.09. The van der Waals surface area contributed by atoms with Crippen LogP contribution in [0.5, 0.6) is 11.6 Å². The van der Waals surface area contributed by atoms with Crippen LogP contribution in [0.25, 0.3) is 5.69 Å². The molecule has 0 bridgehead atoms. The second kappa shape index (κ2) is 6.54. The van der Waals surface area contributed by atoms with Crippen molar-refractivity contribution in [3.8, 4) is 17.3 Å². The molecule has 26 heavy (non-hydrogen) atoms. The van der Waals surface area contributed by atoms with E-state index in [4.69, 9.17) is 0 Å². The molecule has 0 aliphatic carbocycles. The van der Waals surface area contributed by atoms with Gasteiger partial charge in [0.15, 0.2) is 0 Å². The lowest BCUT2D eigenvalue weighted by Crippen LogP contribution is -2.23. The van der Waals surface area contributed by atoms with E-state index >= 15 is 0 Å². The third-order valence-corrected chi connectivity index (χ3v) is 3.41. The Kier molecular flexibility index (Phi) is 4.41. The van der Waals surface area contributed by atoms with Crippen molar-refractivity contribution >= 4 is 0 Å². The SMILES string of the molecule is O=c1n(Cc2ccnc(F)c2)cc(O)n1-c1ccc(OC(F)(F)F)cc1. The quantitative estimate of drug-likeness (QED) is 0.567. The Bertz CT molecular complexity index is 978. The number of halogens is 4. The summed E-state index contributed by atoms with van der Waals surface area (Å²) >= 11 is 0. The summed E-state index contributed by atoms with van der Waals surface area (Å²) in [4.78, 5) is 15.8. The van der Waals surface area contributed by atoms with Crippen molar-refractivity contribution in [2.45, 2.75) is 12.9 Å². The van der Waals surface area contributed by atoms with Gasteiger partial charge in [-0.3, -0.25) is 4.57 Å². The molecule has 3 aromatic rings. The van der Waals surface area contributed by atoms with Crippen molar-refractivity contribution in [1.82, 2.24) is 14.1 Å². The van der Waals surface area contributed by atoms with E-state index in [1.165, 1.54) is 24.4 Å². The summed E-state index contributed by atoms with van der Waals surface area (Å²) < 4.78 is 55.4. The molecule has 0 fully saturated rings. The molecule has 0 unspecified atom stereocenters. The highest BCUT2D eigenvalue weighted by Crippen LogP contribution is 2.24. The fourth-order valence-corrected chi connectivity index (χ4v) is 2.37. The van der Waals surface area contributed by atoms with Gasteiger partial charge in [-0.25, -0.2) is 14.3 Å². The van der Waals surface area contributed by atoms with Gasteiger partial charge in [0.1, 0.15) is 5.75 Å². The molecule has 1 N–H and O–H groups in total. The van der Waals surface area contributed by atoms with Crippen LogP contribution in [-0.2, 0) is 6.54 Å². The molecule has 6 nitrogen and oxygen atoms in total. The van der Waals surface area contributed by atoms with Crippen molar-refractivity contribution in [2.75, 3.05) is 0 Å². The molecule has 0 atom stereocenters. The second-order valence-corrected chi connectivity index (χ2v) is 5.26. The molecule has 2 heterocycles. The van der Waals surface area contributed by atoms with Gasteiger partial charge in [-0.2, -0.15) is 4.39 Å². The van der Waals surface area contributed by atoms with Crippen LogP contribution in [-0.4, -0.2) is 25.6 Å². The van der Waals surface area contributed by atoms with E-state index < -0.39 is 29.6 Å². The maximum Gasteiger partial charge on any atom is 0.573 e. The van der Waals surface area contributed by atoms with E-state index in [9.17, 15) is 27.5 Å². The van der Waals surface area contributed by atoms with Gasteiger partial charge in [-0.15, -0.1) is 13.2 Å². The van der Waals surface area contributed by atoms with Crippen molar-refractivity contribution in [3.05, 3.63) is 70.8 Å². The Labute approximate surface area is 143 Å². The number of alkyl halides is 3. The van der Waals surface area contributed by atoms with Crippen molar-refractivity contribution in [3.63, 3.8) is 0 Å². The zero-order chi connectivity index (χ0) is 18.9. The first-order valence-corrected chi connectivity index (χ1v) is 7.21. The highest BCUT2D eigenvalue weighted by molar-refractivity contribution is 5.40. The minimum Gasteiger partial charge on any atom is -0.493 e. The van der Waals surface area contributed by atoms with Gasteiger partial charge in [0.05, 0.1) is 18.4 Å². The minimum absolute atomic E-state index is 0.0197. The number of imidazole rings is 1. The molecule has 10 heteroatoms. The average Bonchev–Trinajstić information content (AvgIpc) is 2.81. The van der Waals surface area contributed by atoms with Crippen molar-refractivity contribution in [1.29, 1.82) is 0 Å². The Balaban J connectivity index is 1.89. The largest absolute Gasteiger partial charge is 0.573 e. The molecular weight excluding hydrogens is 358 g/mol. The van der Waals surface area contributed by atoms with E-state index in [-0.39, 0.29) is 12.2 Å². The van der Waals surface area contributed by atoms with Crippen LogP contribution < -0.4 is 10.4 Å². The number of aromatic hydroxyl groups is 1. The van der Waals surface area contributed by atoms with Gasteiger partial charge in [0, 0.05) is 6.20 Å². The number of rotatable bonds is 4. The van der Waals surface area contributed by atoms with E-state index in [1.54, 1.807) is 0 Å². The standard InChI is InChI=1S/C16H11F4N3O3/c17-13-7-10(5-6-21-13)8-22-9-14(24)23(15(22)25)11-1-3-12(4-2-11)26-16(18,19)20/h1-7,9,24H,8H2. The number of hydrogen-bond acceptors (Lipinski definition) is 4. The van der Waals surface area contributed by atoms with Gasteiger partial charge in [0.25, 0.3) is 0 Å². The third-order valence-electron chi connectivity index (χ3n) is 3.41. The van der Waals surface area contributed by atoms with Crippen LogP contribution in [0.4, 0.5) is 17.6 Å². The highest BCUT2D eigenvalue weighted by Gasteiger charge is 2.31. The summed E-state index contributed by atoms with van der Waals surface area (Å²) in [6.07, 6.45) is -2.45. The van der Waals surface area contributed by atoms with Gasteiger partial charge in [-0.05, 0) is 42.0 Å². The second-order valence-electron chi connectivity index (χ2n) is 5.26. The number of nitrogens with zero attached hydrogens (tertiary/aromatic N) is 3. The lowest BCUT2D eigenvalue weighted by molar-refractivity contribution is -0.274. The molecule has 1 aromatic carbocycles. The van der Waals surface area contributed by atoms with E-state index in [0.717, 1.165) is 33.5 Å². The zero-order valence-electron chi connectivity index (χ0n) is 12.9. The van der Waals surface area contributed by atoms with Crippen LogP contribution >= 0.6 is 0 Å². The third kappa shape index (κ3) is 3.85. The monoisotopic (exact) mass is 369 g/mol. The summed E-state index contributed by atoms with van der Waals surface area (Å²) in [7, 11) is 0. The molecule has 0 aliphatic heterocycles. The topological polar surface area (TPSA) is 69.3 Å². The molecule has 136 valence electrons. The molecule has 0 saturated heterocycles. The minimum atomic E-state index is -4.83. The molecule has 0 aliphatic rings. The molecule has 2 aromatic heterocycles. The van der Waals surface area contributed by atoms with Gasteiger partial charge < -0.3 is 9.84 Å². The van der Waals surface area contributed by atoms with Crippen LogP contribution in [0.1, 0.15) is 5.56 Å². The Hall–Kier alpha value is -3.30. The number of hydrogen-bond donors (Lipinski definition) is 1. The van der Waals surface area contributed by atoms with E-state index in [0.29, 0.717) is 5.56 Å². The van der Waals surface area contributed by atoms with Crippen molar-refractivity contribution < 1.29 is 27.4 Å². The van der Waals surface area contributed by atoms with E-state index in [1.807, 2.05) is 0 Å². The normalized spacial score (nSPS) is 11.5. The fourth-order valence-electron chi connectivity index (χ4n) is 2.37. The van der Waals surface area contributed by atoms with Gasteiger partial charge in [0.2, 0.25) is 11.8 Å². The fraction of sp³-hybridized carbons (Fsp3) is 0.125. The maximum atomic E-state index is 13.1. The van der Waals surface area contributed by atoms with Crippen LogP contribution in [0.15, 0.2) is 53.6 Å². The van der Waals surface area contributed by atoms with E-state index in [2.05, 4.69) is 9.72 Å². The molecule has 3 rings (SSSR count). The smallest absolute Gasteiger partial charge is 0.493 e. The van der Waals surface area contributed by atoms with Gasteiger partial charge in [-0.1, -0.05) is 0 Å². The molecule has 0 radical (unpaired) electrons. The molecule has 0 amide bonds. The lowest BCUT2D eigenvalue weighted by atomic mass is 10.3. The first-order valence-electron chi connectivity index (χ1n) is 7.21. The Morgan fingerprint density at radius 2 is 1.85 bits per heavy atom. The predicted octanol–water partition coefficient (Wildman–Crippen LogP) is 2.83. The van der Waals surface area contributed by atoms with Crippen LogP contribution in [0.2, 0.25) is 0 Å². The number of pyridine rings is 1. The summed E-state index contributed by atoms with van der Waals surface area (Å²) in [5.74, 6) is -1.59.